The molecule has 1 N–H and O–H groups in total. The van der Waals surface area contributed by atoms with Crippen LogP contribution in [0.5, 0.6) is 0 Å². The molecule has 5 nitrogen and oxygen atoms in total. The molecule has 0 unspecified atom stereocenters. The Labute approximate surface area is 110 Å². The minimum absolute atomic E-state index is 0.0649. The molecule has 0 spiro atoms. The number of aliphatic hydroxyl groups excluding tert-OH is 1. The molecule has 1 aliphatic rings. The van der Waals surface area contributed by atoms with Gasteiger partial charge < -0.3 is 5.11 Å². The Kier molecular flexibility index (Phi) is 3.59. The van der Waals surface area contributed by atoms with Crippen molar-refractivity contribution in [3.05, 3.63) is 28.8 Å². The molecule has 0 aromatic heterocycles. The topological polar surface area (TPSA) is 81.4 Å². The summed E-state index contributed by atoms with van der Waals surface area (Å²) in [6.45, 7) is 0.325. The third-order valence-electron chi connectivity index (χ3n) is 2.80. The highest BCUT2D eigenvalue weighted by atomic mass is 35.5. The fourth-order valence-corrected chi connectivity index (χ4v) is 3.83. The number of nitrogens with zero attached hydrogens (tertiary/aromatic N) is 2. The molecule has 0 radical (unpaired) electrons. The Morgan fingerprint density at radius 3 is 2.78 bits per heavy atom. The van der Waals surface area contributed by atoms with Gasteiger partial charge in [-0.3, -0.25) is 0 Å². The minimum atomic E-state index is -3.74. The van der Waals surface area contributed by atoms with Gasteiger partial charge in [0.2, 0.25) is 10.0 Å². The standard InChI is InChI=1S/C11H11ClN2O3S/c12-10-2-1-8(6-13)5-11(10)18(16,17)14-4-3-9(15)7-14/h1-2,5,9,15H,3-4,7H2/t9-/m1/s1. The van der Waals surface area contributed by atoms with Crippen molar-refractivity contribution in [1.82, 2.24) is 4.31 Å². The molecule has 1 aromatic carbocycles. The van der Waals surface area contributed by atoms with Gasteiger partial charge >= 0.3 is 0 Å². The van der Waals surface area contributed by atoms with E-state index in [0.29, 0.717) is 6.42 Å². The summed E-state index contributed by atoms with van der Waals surface area (Å²) in [4.78, 5) is -0.0858. The molecule has 2 rings (SSSR count). The quantitative estimate of drug-likeness (QED) is 0.878. The van der Waals surface area contributed by atoms with E-state index in [9.17, 15) is 13.5 Å². The van der Waals surface area contributed by atoms with E-state index in [0.717, 1.165) is 0 Å². The van der Waals surface area contributed by atoms with Crippen LogP contribution in [0.2, 0.25) is 5.02 Å². The van der Waals surface area contributed by atoms with E-state index in [1.165, 1.54) is 22.5 Å². The van der Waals surface area contributed by atoms with Crippen molar-refractivity contribution >= 4 is 21.6 Å². The normalized spacial score (nSPS) is 20.8. The highest BCUT2D eigenvalue weighted by Crippen LogP contribution is 2.27. The summed E-state index contributed by atoms with van der Waals surface area (Å²) in [6.07, 6.45) is -0.230. The first kappa shape index (κ1) is 13.3. The summed E-state index contributed by atoms with van der Waals surface area (Å²) in [7, 11) is -3.74. The summed E-state index contributed by atoms with van der Waals surface area (Å²) in [5.74, 6) is 0. The van der Waals surface area contributed by atoms with Crippen LogP contribution < -0.4 is 0 Å². The maximum absolute atomic E-state index is 12.3. The number of nitriles is 1. The lowest BCUT2D eigenvalue weighted by atomic mass is 10.2. The Bertz CT molecular complexity index is 609. The second-order valence-corrected chi connectivity index (χ2v) is 6.38. The van der Waals surface area contributed by atoms with Crippen LogP contribution in [-0.4, -0.2) is 37.0 Å². The molecular formula is C11H11ClN2O3S. The van der Waals surface area contributed by atoms with Crippen LogP contribution in [0.1, 0.15) is 12.0 Å². The van der Waals surface area contributed by atoms with Gasteiger partial charge in [0.1, 0.15) is 4.90 Å². The number of β-amino-alcohol motifs (C(OH)–C–C–N with tert-alkyl or cyclic N) is 1. The van der Waals surface area contributed by atoms with E-state index in [-0.39, 0.29) is 28.6 Å². The Balaban J connectivity index is 2.45. The lowest BCUT2D eigenvalue weighted by molar-refractivity contribution is 0.189. The van der Waals surface area contributed by atoms with Gasteiger partial charge in [-0.25, -0.2) is 8.42 Å². The smallest absolute Gasteiger partial charge is 0.244 e. The average molecular weight is 287 g/mol. The molecule has 1 heterocycles. The number of rotatable bonds is 2. The van der Waals surface area contributed by atoms with Gasteiger partial charge in [-0.05, 0) is 24.6 Å². The number of benzene rings is 1. The van der Waals surface area contributed by atoms with Gasteiger partial charge in [-0.1, -0.05) is 11.6 Å². The summed E-state index contributed by atoms with van der Waals surface area (Å²) < 4.78 is 25.8. The van der Waals surface area contributed by atoms with Crippen molar-refractivity contribution in [2.75, 3.05) is 13.1 Å². The molecular weight excluding hydrogens is 276 g/mol. The van der Waals surface area contributed by atoms with Gasteiger partial charge in [0, 0.05) is 13.1 Å². The summed E-state index contributed by atoms with van der Waals surface area (Å²) >= 11 is 5.87. The summed E-state index contributed by atoms with van der Waals surface area (Å²) in [6, 6.07) is 5.97. The SMILES string of the molecule is N#Cc1ccc(Cl)c(S(=O)(=O)N2CC[C@@H](O)C2)c1. The molecule has 96 valence electrons. The van der Waals surface area contributed by atoms with E-state index in [4.69, 9.17) is 16.9 Å². The summed E-state index contributed by atoms with van der Waals surface area (Å²) in [5.41, 5.74) is 0.234. The number of aliphatic hydroxyl groups is 1. The predicted molar refractivity (Wildman–Crippen MR) is 65.5 cm³/mol. The largest absolute Gasteiger partial charge is 0.392 e. The first-order valence-corrected chi connectivity index (χ1v) is 7.15. The van der Waals surface area contributed by atoms with Gasteiger partial charge in [0.15, 0.2) is 0 Å². The predicted octanol–water partition coefficient (Wildman–Crippen LogP) is 0.967. The van der Waals surface area contributed by atoms with Crippen molar-refractivity contribution in [3.8, 4) is 6.07 Å². The second-order valence-electron chi connectivity index (χ2n) is 4.06. The van der Waals surface area contributed by atoms with Gasteiger partial charge in [-0.15, -0.1) is 0 Å². The zero-order chi connectivity index (χ0) is 13.3. The first-order valence-electron chi connectivity index (χ1n) is 5.33. The monoisotopic (exact) mass is 286 g/mol. The number of halogens is 1. The average Bonchev–Trinajstić information content (AvgIpc) is 2.77. The zero-order valence-corrected chi connectivity index (χ0v) is 10.9. The Hall–Kier alpha value is -1.13. The molecule has 0 aliphatic carbocycles. The van der Waals surface area contributed by atoms with Crippen molar-refractivity contribution < 1.29 is 13.5 Å². The Morgan fingerprint density at radius 1 is 1.50 bits per heavy atom. The van der Waals surface area contributed by atoms with E-state index >= 15 is 0 Å². The van der Waals surface area contributed by atoms with E-state index in [1.807, 2.05) is 6.07 Å². The van der Waals surface area contributed by atoms with Crippen molar-refractivity contribution in [2.24, 2.45) is 0 Å². The van der Waals surface area contributed by atoms with Crippen molar-refractivity contribution in [3.63, 3.8) is 0 Å². The number of hydrogen-bond acceptors (Lipinski definition) is 4. The van der Waals surface area contributed by atoms with E-state index in [1.54, 1.807) is 0 Å². The number of hydrogen-bond donors (Lipinski definition) is 1. The van der Waals surface area contributed by atoms with Crippen molar-refractivity contribution in [1.29, 1.82) is 5.26 Å². The van der Waals surface area contributed by atoms with Crippen LogP contribution in [0.15, 0.2) is 23.1 Å². The molecule has 1 fully saturated rings. The van der Waals surface area contributed by atoms with Crippen LogP contribution in [-0.2, 0) is 10.0 Å². The Morgan fingerprint density at radius 2 is 2.22 bits per heavy atom. The lowest BCUT2D eigenvalue weighted by Gasteiger charge is -2.16. The van der Waals surface area contributed by atoms with Crippen molar-refractivity contribution in [2.45, 2.75) is 17.4 Å². The fourth-order valence-electron chi connectivity index (χ4n) is 1.84. The van der Waals surface area contributed by atoms with E-state index in [2.05, 4.69) is 0 Å². The highest BCUT2D eigenvalue weighted by Gasteiger charge is 2.33. The zero-order valence-electron chi connectivity index (χ0n) is 9.38. The molecule has 1 aromatic rings. The third-order valence-corrected chi connectivity index (χ3v) is 5.15. The molecule has 18 heavy (non-hydrogen) atoms. The van der Waals surface area contributed by atoms with Gasteiger partial charge in [0.25, 0.3) is 0 Å². The highest BCUT2D eigenvalue weighted by molar-refractivity contribution is 7.89. The molecule has 0 amide bonds. The van der Waals surface area contributed by atoms with Crippen LogP contribution in [0.3, 0.4) is 0 Å². The third kappa shape index (κ3) is 2.35. The van der Waals surface area contributed by atoms with Crippen LogP contribution in [0.25, 0.3) is 0 Å². The second kappa shape index (κ2) is 4.86. The van der Waals surface area contributed by atoms with E-state index < -0.39 is 16.1 Å². The molecule has 0 saturated carbocycles. The van der Waals surface area contributed by atoms with Crippen LogP contribution in [0.4, 0.5) is 0 Å². The lowest BCUT2D eigenvalue weighted by Crippen LogP contribution is -2.30. The molecule has 1 saturated heterocycles. The first-order chi connectivity index (χ1) is 8.45. The summed E-state index contributed by atoms with van der Waals surface area (Å²) in [5, 5.41) is 18.3. The molecule has 7 heteroatoms. The fraction of sp³-hybridized carbons (Fsp3) is 0.364. The number of sulfonamides is 1. The van der Waals surface area contributed by atoms with Gasteiger partial charge in [0.05, 0.1) is 22.8 Å². The van der Waals surface area contributed by atoms with Crippen LogP contribution in [0, 0.1) is 11.3 Å². The van der Waals surface area contributed by atoms with Crippen LogP contribution >= 0.6 is 11.6 Å². The maximum atomic E-state index is 12.3. The molecule has 1 aliphatic heterocycles. The van der Waals surface area contributed by atoms with Gasteiger partial charge in [-0.2, -0.15) is 9.57 Å². The molecule has 0 bridgehead atoms. The molecule has 1 atom stereocenters. The minimum Gasteiger partial charge on any atom is -0.392 e. The maximum Gasteiger partial charge on any atom is 0.244 e.